The summed E-state index contributed by atoms with van der Waals surface area (Å²) < 4.78 is 11.0. The normalized spacial score (nSPS) is 14.0. The first-order chi connectivity index (χ1) is 12.0. The number of rotatable bonds is 5. The van der Waals surface area contributed by atoms with E-state index in [9.17, 15) is 4.79 Å². The number of aryl methyl sites for hydroxylation is 2. The molecular formula is C20H23NO3S. The smallest absolute Gasteiger partial charge is 0.237 e. The first kappa shape index (κ1) is 17.7. The van der Waals surface area contributed by atoms with Gasteiger partial charge in [0.25, 0.3) is 0 Å². The molecule has 1 unspecified atom stereocenters. The van der Waals surface area contributed by atoms with E-state index in [1.807, 2.05) is 25.1 Å². The Morgan fingerprint density at radius 3 is 2.48 bits per heavy atom. The van der Waals surface area contributed by atoms with E-state index in [4.69, 9.17) is 9.47 Å². The zero-order chi connectivity index (χ0) is 17.8. The van der Waals surface area contributed by atoms with Gasteiger partial charge in [-0.05, 0) is 38.5 Å². The quantitative estimate of drug-likeness (QED) is 0.865. The van der Waals surface area contributed by atoms with Gasteiger partial charge in [0.1, 0.15) is 13.2 Å². The number of ether oxygens (including phenoxy) is 2. The van der Waals surface area contributed by atoms with Gasteiger partial charge in [-0.2, -0.15) is 0 Å². The topological polar surface area (TPSA) is 47.6 Å². The molecule has 0 saturated carbocycles. The standard InChI is InChI=1S/C20H23NO3S/c1-13-8-14(2)10-16(9-13)12-25-15(3)20(22)21-17-4-5-18-19(11-17)24-7-6-23-18/h4-5,8-11,15H,6-7,12H2,1-3H3,(H,21,22). The Morgan fingerprint density at radius 1 is 1.08 bits per heavy atom. The van der Waals surface area contributed by atoms with Gasteiger partial charge in [0.05, 0.1) is 5.25 Å². The maximum Gasteiger partial charge on any atom is 0.237 e. The molecule has 0 aromatic heterocycles. The first-order valence-corrected chi connectivity index (χ1v) is 9.45. The van der Waals surface area contributed by atoms with E-state index >= 15 is 0 Å². The highest BCUT2D eigenvalue weighted by Crippen LogP contribution is 2.32. The Bertz CT molecular complexity index is 755. The van der Waals surface area contributed by atoms with Crippen molar-refractivity contribution in [2.45, 2.75) is 31.8 Å². The summed E-state index contributed by atoms with van der Waals surface area (Å²) in [5.74, 6) is 2.21. The lowest BCUT2D eigenvalue weighted by molar-refractivity contribution is -0.115. The van der Waals surface area contributed by atoms with Gasteiger partial charge in [-0.3, -0.25) is 4.79 Å². The average molecular weight is 357 g/mol. The number of anilines is 1. The van der Waals surface area contributed by atoms with Gasteiger partial charge in [-0.25, -0.2) is 0 Å². The second-order valence-electron chi connectivity index (χ2n) is 6.30. The van der Waals surface area contributed by atoms with E-state index in [0.717, 1.165) is 17.2 Å². The zero-order valence-electron chi connectivity index (χ0n) is 14.8. The molecular weight excluding hydrogens is 334 g/mol. The second kappa shape index (κ2) is 7.83. The summed E-state index contributed by atoms with van der Waals surface area (Å²) >= 11 is 1.64. The van der Waals surface area contributed by atoms with Crippen LogP contribution in [0.1, 0.15) is 23.6 Å². The van der Waals surface area contributed by atoms with Crippen molar-refractivity contribution < 1.29 is 14.3 Å². The fourth-order valence-electron chi connectivity index (χ4n) is 2.81. The average Bonchev–Trinajstić information content (AvgIpc) is 2.58. The van der Waals surface area contributed by atoms with Crippen molar-refractivity contribution in [1.82, 2.24) is 0 Å². The van der Waals surface area contributed by atoms with Crippen molar-refractivity contribution in [3.8, 4) is 11.5 Å². The molecule has 0 fully saturated rings. The van der Waals surface area contributed by atoms with Crippen LogP contribution in [0.5, 0.6) is 11.5 Å². The van der Waals surface area contributed by atoms with Gasteiger partial charge in [0.2, 0.25) is 5.91 Å². The molecule has 1 aliphatic rings. The largest absolute Gasteiger partial charge is 0.486 e. The third-order valence-electron chi connectivity index (χ3n) is 3.96. The summed E-state index contributed by atoms with van der Waals surface area (Å²) in [7, 11) is 0. The van der Waals surface area contributed by atoms with Gasteiger partial charge >= 0.3 is 0 Å². The number of fused-ring (bicyclic) bond motifs is 1. The predicted molar refractivity (Wildman–Crippen MR) is 103 cm³/mol. The molecule has 1 N–H and O–H groups in total. The van der Waals surface area contributed by atoms with Crippen molar-refractivity contribution in [2.75, 3.05) is 18.5 Å². The summed E-state index contributed by atoms with van der Waals surface area (Å²) in [4.78, 5) is 12.4. The maximum absolute atomic E-state index is 12.4. The molecule has 132 valence electrons. The molecule has 4 nitrogen and oxygen atoms in total. The van der Waals surface area contributed by atoms with Gasteiger partial charge in [-0.15, -0.1) is 11.8 Å². The molecule has 1 aliphatic heterocycles. The Kier molecular flexibility index (Phi) is 5.53. The molecule has 25 heavy (non-hydrogen) atoms. The van der Waals surface area contributed by atoms with Gasteiger partial charge in [0, 0.05) is 17.5 Å². The summed E-state index contributed by atoms with van der Waals surface area (Å²) in [6, 6.07) is 12.0. The lowest BCUT2D eigenvalue weighted by atomic mass is 10.1. The van der Waals surface area contributed by atoms with Crippen molar-refractivity contribution in [1.29, 1.82) is 0 Å². The van der Waals surface area contributed by atoms with Crippen LogP contribution in [0.25, 0.3) is 0 Å². The van der Waals surface area contributed by atoms with Gasteiger partial charge in [-0.1, -0.05) is 29.3 Å². The number of hydrogen-bond donors (Lipinski definition) is 1. The molecule has 3 rings (SSSR count). The van der Waals surface area contributed by atoms with Gasteiger partial charge in [0.15, 0.2) is 11.5 Å². The third-order valence-corrected chi connectivity index (χ3v) is 5.17. The lowest BCUT2D eigenvalue weighted by Crippen LogP contribution is -2.23. The van der Waals surface area contributed by atoms with Crippen LogP contribution < -0.4 is 14.8 Å². The monoisotopic (exact) mass is 357 g/mol. The Hall–Kier alpha value is -2.14. The highest BCUT2D eigenvalue weighted by molar-refractivity contribution is 7.99. The number of nitrogens with one attached hydrogen (secondary N) is 1. The van der Waals surface area contributed by atoms with Crippen LogP contribution in [0, 0.1) is 13.8 Å². The molecule has 1 atom stereocenters. The van der Waals surface area contributed by atoms with Crippen molar-refractivity contribution in [3.63, 3.8) is 0 Å². The molecule has 0 radical (unpaired) electrons. The van der Waals surface area contributed by atoms with Crippen LogP contribution in [0.4, 0.5) is 5.69 Å². The Morgan fingerprint density at radius 2 is 1.76 bits per heavy atom. The van der Waals surface area contributed by atoms with Crippen LogP contribution >= 0.6 is 11.8 Å². The van der Waals surface area contributed by atoms with Crippen molar-refractivity contribution >= 4 is 23.4 Å². The number of amides is 1. The minimum Gasteiger partial charge on any atom is -0.486 e. The van der Waals surface area contributed by atoms with Crippen molar-refractivity contribution in [2.24, 2.45) is 0 Å². The molecule has 0 aliphatic carbocycles. The first-order valence-electron chi connectivity index (χ1n) is 8.40. The molecule has 2 aromatic carbocycles. The van der Waals surface area contributed by atoms with Crippen molar-refractivity contribution in [3.05, 3.63) is 53.1 Å². The molecule has 1 heterocycles. The van der Waals surface area contributed by atoms with Crippen LogP contribution in [0.3, 0.4) is 0 Å². The van der Waals surface area contributed by atoms with Crippen LogP contribution in [-0.2, 0) is 10.5 Å². The maximum atomic E-state index is 12.4. The highest BCUT2D eigenvalue weighted by Gasteiger charge is 2.16. The van der Waals surface area contributed by atoms with E-state index in [1.54, 1.807) is 11.8 Å². The summed E-state index contributed by atoms with van der Waals surface area (Å²) in [6.45, 7) is 7.22. The Labute approximate surface area is 152 Å². The minimum atomic E-state index is -0.144. The highest BCUT2D eigenvalue weighted by atomic mass is 32.2. The molecule has 0 spiro atoms. The van der Waals surface area contributed by atoms with E-state index in [1.165, 1.54) is 16.7 Å². The zero-order valence-corrected chi connectivity index (χ0v) is 15.6. The number of thioether (sulfide) groups is 1. The predicted octanol–water partition coefficient (Wildman–Crippen LogP) is 4.34. The fourth-order valence-corrected chi connectivity index (χ4v) is 3.63. The fraction of sp³-hybridized carbons (Fsp3) is 0.350. The third kappa shape index (κ3) is 4.69. The number of carbonyl (C=O) groups excluding carboxylic acids is 1. The van der Waals surface area contributed by atoms with E-state index in [0.29, 0.717) is 19.0 Å². The molecule has 0 bridgehead atoms. The van der Waals surface area contributed by atoms with Crippen LogP contribution in [0.2, 0.25) is 0 Å². The van der Waals surface area contributed by atoms with E-state index < -0.39 is 0 Å². The molecule has 5 heteroatoms. The summed E-state index contributed by atoms with van der Waals surface area (Å²) in [5, 5.41) is 2.81. The van der Waals surface area contributed by atoms with Gasteiger partial charge < -0.3 is 14.8 Å². The minimum absolute atomic E-state index is 0.00828. The lowest BCUT2D eigenvalue weighted by Gasteiger charge is -2.19. The number of benzene rings is 2. The molecule has 2 aromatic rings. The van der Waals surface area contributed by atoms with E-state index in [2.05, 4.69) is 37.4 Å². The molecule has 0 saturated heterocycles. The van der Waals surface area contributed by atoms with Crippen LogP contribution in [0.15, 0.2) is 36.4 Å². The molecule has 1 amide bonds. The van der Waals surface area contributed by atoms with E-state index in [-0.39, 0.29) is 11.2 Å². The summed E-state index contributed by atoms with van der Waals surface area (Å²) in [6.07, 6.45) is 0. The summed E-state index contributed by atoms with van der Waals surface area (Å²) in [5.41, 5.74) is 4.49. The Balaban J connectivity index is 1.57. The number of hydrogen-bond acceptors (Lipinski definition) is 4. The second-order valence-corrected chi connectivity index (χ2v) is 7.63. The number of carbonyl (C=O) groups is 1. The van der Waals surface area contributed by atoms with Crippen LogP contribution in [-0.4, -0.2) is 24.4 Å². The SMILES string of the molecule is Cc1cc(C)cc(CSC(C)C(=O)Nc2ccc3c(c2)OCCO3)c1.